The maximum Gasteiger partial charge on any atom is 0.166 e. The molecule has 56 heavy (non-hydrogen) atoms. The normalized spacial score (nSPS) is 11.2. The van der Waals surface area contributed by atoms with Crippen LogP contribution in [0.5, 0.6) is 0 Å². The summed E-state index contributed by atoms with van der Waals surface area (Å²) in [6.45, 7) is 0. The highest BCUT2D eigenvalue weighted by molar-refractivity contribution is 6.11. The predicted molar refractivity (Wildman–Crippen MR) is 231 cm³/mol. The molecule has 10 aromatic rings. The highest BCUT2D eigenvalue weighted by atomic mass is 15.1. The Kier molecular flexibility index (Phi) is 8.43. The molecule has 0 aliphatic heterocycles. The maximum atomic E-state index is 5.55. The largest absolute Gasteiger partial charge is 0.311 e. The van der Waals surface area contributed by atoms with Gasteiger partial charge in [0.25, 0.3) is 0 Å². The molecule has 0 saturated carbocycles. The number of nitrogens with zero attached hydrogens (tertiary/aromatic N) is 5. The fourth-order valence-electron chi connectivity index (χ4n) is 7.64. The third-order valence-corrected chi connectivity index (χ3v) is 10.3. The van der Waals surface area contributed by atoms with Crippen LogP contribution in [0, 0.1) is 0 Å². The van der Waals surface area contributed by atoms with Crippen LogP contribution in [-0.2, 0) is 0 Å². The minimum absolute atomic E-state index is 0.716. The van der Waals surface area contributed by atoms with E-state index in [1.165, 1.54) is 0 Å². The highest BCUT2D eigenvalue weighted by Crippen LogP contribution is 2.40. The zero-order valence-electron chi connectivity index (χ0n) is 30.4. The molecule has 264 valence electrons. The number of rotatable bonds is 8. The summed E-state index contributed by atoms with van der Waals surface area (Å²) in [5.41, 5.74) is 12.8. The Morgan fingerprint density at radius 3 is 1.50 bits per heavy atom. The van der Waals surface area contributed by atoms with Crippen molar-refractivity contribution in [1.82, 2.24) is 19.5 Å². The molecule has 0 atom stereocenters. The molecule has 7 aromatic carbocycles. The number of para-hydroxylation sites is 3. The summed E-state index contributed by atoms with van der Waals surface area (Å²) in [4.78, 5) is 18.1. The van der Waals surface area contributed by atoms with Crippen LogP contribution < -0.4 is 4.90 Å². The highest BCUT2D eigenvalue weighted by Gasteiger charge is 2.23. The quantitative estimate of drug-likeness (QED) is 0.157. The molecular weight excluding hydrogens is 683 g/mol. The Morgan fingerprint density at radius 1 is 0.357 bits per heavy atom. The molecule has 0 bridgehead atoms. The van der Waals surface area contributed by atoms with Gasteiger partial charge >= 0.3 is 0 Å². The van der Waals surface area contributed by atoms with Gasteiger partial charge in [0.15, 0.2) is 5.82 Å². The molecule has 0 radical (unpaired) electrons. The Labute approximate surface area is 325 Å². The van der Waals surface area contributed by atoms with Gasteiger partial charge in [-0.05, 0) is 77.9 Å². The first-order chi connectivity index (χ1) is 27.8. The smallest absolute Gasteiger partial charge is 0.166 e. The molecule has 0 aliphatic carbocycles. The van der Waals surface area contributed by atoms with Crippen molar-refractivity contribution < 1.29 is 0 Å². The molecule has 0 fully saturated rings. The molecule has 10 rings (SSSR count). The topological polar surface area (TPSA) is 46.8 Å². The molecule has 0 aliphatic rings. The number of hydrogen-bond donors (Lipinski definition) is 0. The van der Waals surface area contributed by atoms with E-state index >= 15 is 0 Å². The Balaban J connectivity index is 1.15. The average molecular weight is 718 g/mol. The SMILES string of the molecule is c1ccc(-c2nc(-c3ccccn3)c(-n3c4ccccc4c4cc(-c5ccc(N(c6ccccc6)c6ccccc6)cc5)ccc43)nc2-c2ccccc2)cc1. The van der Waals surface area contributed by atoms with Crippen LogP contribution in [0.15, 0.2) is 212 Å². The fourth-order valence-corrected chi connectivity index (χ4v) is 7.64. The number of hydrogen-bond acceptors (Lipinski definition) is 4. The molecule has 5 heteroatoms. The number of benzene rings is 7. The van der Waals surface area contributed by atoms with Crippen LogP contribution in [-0.4, -0.2) is 19.5 Å². The summed E-state index contributed by atoms with van der Waals surface area (Å²) in [5, 5.41) is 2.28. The van der Waals surface area contributed by atoms with Crippen molar-refractivity contribution in [2.45, 2.75) is 0 Å². The van der Waals surface area contributed by atoms with Gasteiger partial charge in [-0.15, -0.1) is 0 Å². The van der Waals surface area contributed by atoms with Gasteiger partial charge in [0.1, 0.15) is 5.69 Å². The van der Waals surface area contributed by atoms with Crippen molar-refractivity contribution in [2.24, 2.45) is 0 Å². The summed E-state index contributed by atoms with van der Waals surface area (Å²) in [7, 11) is 0. The summed E-state index contributed by atoms with van der Waals surface area (Å²) in [6, 6.07) is 71.7. The fraction of sp³-hybridized carbons (Fsp3) is 0. The van der Waals surface area contributed by atoms with Crippen molar-refractivity contribution in [1.29, 1.82) is 0 Å². The van der Waals surface area contributed by atoms with Gasteiger partial charge < -0.3 is 4.90 Å². The van der Waals surface area contributed by atoms with Gasteiger partial charge in [-0.2, -0.15) is 0 Å². The Hall–Kier alpha value is -7.63. The van der Waals surface area contributed by atoms with Gasteiger partial charge in [0.05, 0.1) is 28.1 Å². The van der Waals surface area contributed by atoms with Crippen molar-refractivity contribution in [3.63, 3.8) is 0 Å². The van der Waals surface area contributed by atoms with E-state index in [-0.39, 0.29) is 0 Å². The van der Waals surface area contributed by atoms with Gasteiger partial charge in [0.2, 0.25) is 0 Å². The van der Waals surface area contributed by atoms with Gasteiger partial charge in [0, 0.05) is 45.2 Å². The lowest BCUT2D eigenvalue weighted by molar-refractivity contribution is 1.05. The van der Waals surface area contributed by atoms with Crippen LogP contribution in [0.4, 0.5) is 17.1 Å². The van der Waals surface area contributed by atoms with Crippen molar-refractivity contribution in [2.75, 3.05) is 4.90 Å². The first-order valence-corrected chi connectivity index (χ1v) is 18.8. The first-order valence-electron chi connectivity index (χ1n) is 18.8. The van der Waals surface area contributed by atoms with E-state index in [0.717, 1.165) is 84.0 Å². The lowest BCUT2D eigenvalue weighted by Crippen LogP contribution is -2.09. The first kappa shape index (κ1) is 33.0. The van der Waals surface area contributed by atoms with E-state index < -0.39 is 0 Å². The second-order valence-corrected chi connectivity index (χ2v) is 13.7. The van der Waals surface area contributed by atoms with Gasteiger partial charge in [-0.1, -0.05) is 140 Å². The third kappa shape index (κ3) is 5.98. The van der Waals surface area contributed by atoms with E-state index in [9.17, 15) is 0 Å². The molecule has 5 nitrogen and oxygen atoms in total. The van der Waals surface area contributed by atoms with Crippen molar-refractivity contribution >= 4 is 38.9 Å². The molecule has 3 heterocycles. The number of anilines is 3. The molecular formula is C51H35N5. The zero-order valence-corrected chi connectivity index (χ0v) is 30.4. The van der Waals surface area contributed by atoms with E-state index in [1.807, 2.05) is 60.8 Å². The second-order valence-electron chi connectivity index (χ2n) is 13.7. The molecule has 0 saturated heterocycles. The van der Waals surface area contributed by atoms with Gasteiger partial charge in [-0.3, -0.25) is 9.55 Å². The summed E-state index contributed by atoms with van der Waals surface area (Å²) in [6.07, 6.45) is 1.82. The zero-order chi connectivity index (χ0) is 37.3. The average Bonchev–Trinajstić information content (AvgIpc) is 3.61. The van der Waals surface area contributed by atoms with Gasteiger partial charge in [-0.25, -0.2) is 9.97 Å². The van der Waals surface area contributed by atoms with Crippen LogP contribution >= 0.6 is 0 Å². The molecule has 0 unspecified atom stereocenters. The summed E-state index contributed by atoms with van der Waals surface area (Å²) >= 11 is 0. The number of pyridine rings is 1. The van der Waals surface area contributed by atoms with Crippen LogP contribution in [0.3, 0.4) is 0 Å². The minimum Gasteiger partial charge on any atom is -0.311 e. The van der Waals surface area contributed by atoms with Crippen LogP contribution in [0.2, 0.25) is 0 Å². The lowest BCUT2D eigenvalue weighted by atomic mass is 10.0. The van der Waals surface area contributed by atoms with Crippen molar-refractivity contribution in [3.8, 4) is 50.8 Å². The molecule has 3 aromatic heterocycles. The lowest BCUT2D eigenvalue weighted by Gasteiger charge is -2.25. The van der Waals surface area contributed by atoms with E-state index in [0.29, 0.717) is 5.69 Å². The van der Waals surface area contributed by atoms with E-state index in [2.05, 4.69) is 161 Å². The number of aromatic nitrogens is 4. The number of fused-ring (bicyclic) bond motifs is 3. The standard InChI is InChI=1S/C51H35N5/c1-5-17-37(18-6-1)48-49(38-19-7-2-8-20-38)54-51(50(53-48)45-26-15-16-34-52-45)56-46-27-14-13-25-43(46)44-35-39(30-33-47(44)56)36-28-31-42(32-29-36)55(40-21-9-3-10-22-40)41-23-11-4-12-24-41/h1-35H. The van der Waals surface area contributed by atoms with Crippen molar-refractivity contribution in [3.05, 3.63) is 212 Å². The molecule has 0 amide bonds. The molecule has 0 spiro atoms. The van der Waals surface area contributed by atoms with Crippen LogP contribution in [0.25, 0.3) is 72.7 Å². The predicted octanol–water partition coefficient (Wildman–Crippen LogP) is 13.1. The monoisotopic (exact) mass is 717 g/mol. The molecule has 0 N–H and O–H groups in total. The second kappa shape index (κ2) is 14.3. The Morgan fingerprint density at radius 2 is 0.875 bits per heavy atom. The summed E-state index contributed by atoms with van der Waals surface area (Å²) < 4.78 is 2.26. The minimum atomic E-state index is 0.716. The van der Waals surface area contributed by atoms with E-state index in [4.69, 9.17) is 15.0 Å². The van der Waals surface area contributed by atoms with E-state index in [1.54, 1.807) is 0 Å². The summed E-state index contributed by atoms with van der Waals surface area (Å²) in [5.74, 6) is 0.729. The third-order valence-electron chi connectivity index (χ3n) is 10.3. The maximum absolute atomic E-state index is 5.55. The Bertz CT molecular complexity index is 2890. The van der Waals surface area contributed by atoms with Crippen LogP contribution in [0.1, 0.15) is 0 Å².